The molecule has 1 amide bonds. The van der Waals surface area contributed by atoms with Crippen LogP contribution in [0.2, 0.25) is 0 Å². The highest BCUT2D eigenvalue weighted by Crippen LogP contribution is 2.44. The Labute approximate surface area is 157 Å². The van der Waals surface area contributed by atoms with Crippen LogP contribution < -0.4 is 5.73 Å². The number of hydrogen-bond donors (Lipinski definition) is 1. The van der Waals surface area contributed by atoms with Crippen molar-refractivity contribution in [2.45, 2.75) is 56.2 Å². The van der Waals surface area contributed by atoms with Gasteiger partial charge in [0.25, 0.3) is 0 Å². The van der Waals surface area contributed by atoms with E-state index >= 15 is 0 Å². The number of rotatable bonds is 3. The number of nitrogens with zero attached hydrogens (tertiary/aromatic N) is 3. The molecule has 1 fully saturated rings. The highest BCUT2D eigenvalue weighted by molar-refractivity contribution is 7.98. The second kappa shape index (κ2) is 7.00. The zero-order chi connectivity index (χ0) is 18.9. The van der Waals surface area contributed by atoms with Crippen molar-refractivity contribution in [1.29, 1.82) is 0 Å². The number of amides is 1. The Morgan fingerprint density at radius 3 is 2.58 bits per heavy atom. The fraction of sp³-hybridized carbons (Fsp3) is 0.556. The molecule has 2 N–H and O–H groups in total. The fourth-order valence-corrected chi connectivity index (χ4v) is 4.08. The molecule has 0 radical (unpaired) electrons. The average Bonchev–Trinajstić information content (AvgIpc) is 3.21. The van der Waals surface area contributed by atoms with E-state index in [1.807, 2.05) is 30.3 Å². The summed E-state index contributed by atoms with van der Waals surface area (Å²) in [5.41, 5.74) is 5.06. The van der Waals surface area contributed by atoms with Crippen molar-refractivity contribution in [1.82, 2.24) is 4.90 Å². The van der Waals surface area contributed by atoms with Crippen molar-refractivity contribution in [3.8, 4) is 0 Å². The van der Waals surface area contributed by atoms with Crippen LogP contribution in [0.1, 0.15) is 39.2 Å². The third-order valence-electron chi connectivity index (χ3n) is 4.54. The first-order valence-electron chi connectivity index (χ1n) is 8.69. The monoisotopic (exact) mass is 376 g/mol. The Morgan fingerprint density at radius 1 is 1.31 bits per heavy atom. The summed E-state index contributed by atoms with van der Waals surface area (Å²) in [6.07, 6.45) is 0.826. The summed E-state index contributed by atoms with van der Waals surface area (Å²) in [4.78, 5) is 27.6. The van der Waals surface area contributed by atoms with Crippen LogP contribution in [0.3, 0.4) is 0 Å². The first kappa shape index (κ1) is 18.8. The van der Waals surface area contributed by atoms with Gasteiger partial charge < -0.3 is 10.5 Å². The maximum atomic E-state index is 13.6. The lowest BCUT2D eigenvalue weighted by molar-refractivity contribution is -0.128. The van der Waals surface area contributed by atoms with Crippen LogP contribution in [0, 0.1) is 0 Å². The molecule has 8 heteroatoms. The lowest BCUT2D eigenvalue weighted by Gasteiger charge is -2.34. The summed E-state index contributed by atoms with van der Waals surface area (Å²) >= 11 is 1.09. The maximum absolute atomic E-state index is 13.6. The molecule has 2 aliphatic heterocycles. The summed E-state index contributed by atoms with van der Waals surface area (Å²) in [7, 11) is 0. The minimum atomic E-state index is -1.28. The number of hydrogen-bond acceptors (Lipinski definition) is 7. The molecule has 26 heavy (non-hydrogen) atoms. The highest BCUT2D eigenvalue weighted by atomic mass is 32.2. The highest BCUT2D eigenvalue weighted by Gasteiger charge is 2.55. The molecule has 1 aromatic carbocycles. The third-order valence-corrected chi connectivity index (χ3v) is 5.29. The van der Waals surface area contributed by atoms with Crippen molar-refractivity contribution in [2.75, 3.05) is 6.54 Å². The zero-order valence-corrected chi connectivity index (χ0v) is 16.0. The van der Waals surface area contributed by atoms with E-state index in [1.54, 1.807) is 20.8 Å². The van der Waals surface area contributed by atoms with Gasteiger partial charge >= 0.3 is 6.09 Å². The number of ether oxygens (including phenoxy) is 1. The number of likely N-dealkylation sites (tertiary alicyclic amines) is 1. The zero-order valence-electron chi connectivity index (χ0n) is 15.2. The largest absolute Gasteiger partial charge is 0.444 e. The Morgan fingerprint density at radius 2 is 2.00 bits per heavy atom. The van der Waals surface area contributed by atoms with Gasteiger partial charge in [-0.2, -0.15) is 5.11 Å². The molecule has 0 spiro atoms. The fourth-order valence-electron chi connectivity index (χ4n) is 3.35. The van der Waals surface area contributed by atoms with Crippen molar-refractivity contribution in [3.05, 3.63) is 35.9 Å². The van der Waals surface area contributed by atoms with Crippen molar-refractivity contribution >= 4 is 23.8 Å². The molecule has 0 aromatic heterocycles. The lowest BCUT2D eigenvalue weighted by Crippen LogP contribution is -2.54. The van der Waals surface area contributed by atoms with E-state index in [2.05, 4.69) is 9.63 Å². The van der Waals surface area contributed by atoms with Gasteiger partial charge in [-0.1, -0.05) is 30.3 Å². The molecule has 3 rings (SSSR count). The second-order valence-corrected chi connectivity index (χ2v) is 8.42. The number of benzene rings is 1. The summed E-state index contributed by atoms with van der Waals surface area (Å²) in [6, 6.07) is 8.60. The normalized spacial score (nSPS) is 28.4. The summed E-state index contributed by atoms with van der Waals surface area (Å²) in [6.45, 7) is 5.90. The summed E-state index contributed by atoms with van der Waals surface area (Å²) < 4.78 is 9.45. The second-order valence-electron chi connectivity index (χ2n) is 7.54. The first-order valence-corrected chi connectivity index (χ1v) is 9.52. The molecule has 3 atom stereocenters. The van der Waals surface area contributed by atoms with E-state index < -0.39 is 28.6 Å². The number of carbonyl (C=O) groups is 2. The lowest BCUT2D eigenvalue weighted by atomic mass is 9.82. The Kier molecular flexibility index (Phi) is 5.07. The predicted octanol–water partition coefficient (Wildman–Crippen LogP) is 3.25. The Balaban J connectivity index is 1.93. The molecule has 140 valence electrons. The Hall–Kier alpha value is -1.93. The molecule has 7 nitrogen and oxygen atoms in total. The van der Waals surface area contributed by atoms with Gasteiger partial charge in [0, 0.05) is 18.5 Å². The molecule has 2 aliphatic rings. The average molecular weight is 376 g/mol. The molecule has 1 saturated heterocycles. The van der Waals surface area contributed by atoms with Gasteiger partial charge in [-0.25, -0.2) is 4.79 Å². The van der Waals surface area contributed by atoms with E-state index in [0.29, 0.717) is 18.5 Å². The van der Waals surface area contributed by atoms with Crippen LogP contribution >= 0.6 is 11.9 Å². The van der Waals surface area contributed by atoms with Gasteiger partial charge in [0.15, 0.2) is 11.3 Å². The maximum Gasteiger partial charge on any atom is 0.410 e. The van der Waals surface area contributed by atoms with Crippen LogP contribution in [-0.2, 0) is 15.1 Å². The van der Waals surface area contributed by atoms with Gasteiger partial charge in [0.05, 0.1) is 6.04 Å². The summed E-state index contributed by atoms with van der Waals surface area (Å²) in [5, 5.41) is 3.64. The van der Waals surface area contributed by atoms with E-state index in [4.69, 9.17) is 10.5 Å². The predicted molar refractivity (Wildman–Crippen MR) is 99.5 cm³/mol. The van der Waals surface area contributed by atoms with Crippen LogP contribution in [-0.4, -0.2) is 40.3 Å². The van der Waals surface area contributed by atoms with Crippen molar-refractivity contribution < 1.29 is 14.3 Å². The smallest absolute Gasteiger partial charge is 0.410 e. The van der Waals surface area contributed by atoms with Gasteiger partial charge in [-0.3, -0.25) is 9.69 Å². The number of ketones is 1. The molecule has 2 heterocycles. The first-order chi connectivity index (χ1) is 12.3. The van der Waals surface area contributed by atoms with Gasteiger partial charge in [0.2, 0.25) is 0 Å². The SMILES string of the molecule is CC(C)(C)OC(=O)N1CCCC1C(=O)C1(c2ccccc2)N=NSC1N. The third kappa shape index (κ3) is 3.35. The molecule has 1 aromatic rings. The molecule has 0 aliphatic carbocycles. The van der Waals surface area contributed by atoms with Crippen LogP contribution in [0.25, 0.3) is 0 Å². The van der Waals surface area contributed by atoms with Crippen molar-refractivity contribution in [3.63, 3.8) is 0 Å². The van der Waals surface area contributed by atoms with E-state index in [1.165, 1.54) is 4.90 Å². The van der Waals surface area contributed by atoms with Gasteiger partial charge in [-0.15, -0.1) is 4.52 Å². The number of Topliss-reactive ketones (excluding diaryl/α,β-unsaturated/α-hetero) is 1. The van der Waals surface area contributed by atoms with Crippen LogP contribution in [0.5, 0.6) is 0 Å². The topological polar surface area (TPSA) is 97.3 Å². The molecular formula is C18H24N4O3S. The van der Waals surface area contributed by atoms with Crippen LogP contribution in [0.15, 0.2) is 40.0 Å². The van der Waals surface area contributed by atoms with Crippen molar-refractivity contribution in [2.24, 2.45) is 15.4 Å². The Bertz CT molecular complexity index is 719. The number of carbonyl (C=O) groups excluding carboxylic acids is 2. The van der Waals surface area contributed by atoms with E-state index in [9.17, 15) is 9.59 Å². The van der Waals surface area contributed by atoms with Gasteiger partial charge in [-0.05, 0) is 39.2 Å². The van der Waals surface area contributed by atoms with E-state index in [-0.39, 0.29) is 5.78 Å². The quantitative estimate of drug-likeness (QED) is 0.817. The standard InChI is InChI=1S/C18H24N4O3S/c1-17(2,3)25-16(24)22-11-7-10-13(22)14(23)18(15(19)26-21-20-18)12-8-5-4-6-9-12/h4-6,8-9,13,15H,7,10-11,19H2,1-3H3. The molecular weight excluding hydrogens is 352 g/mol. The summed E-state index contributed by atoms with van der Waals surface area (Å²) in [5.74, 6) is -0.201. The molecule has 0 bridgehead atoms. The minimum absolute atomic E-state index is 0.201. The number of nitrogens with two attached hydrogens (primary N) is 1. The minimum Gasteiger partial charge on any atom is -0.444 e. The van der Waals surface area contributed by atoms with Crippen LogP contribution in [0.4, 0.5) is 4.79 Å². The van der Waals surface area contributed by atoms with Gasteiger partial charge in [0.1, 0.15) is 11.0 Å². The molecule has 0 saturated carbocycles. The van der Waals surface area contributed by atoms with E-state index in [0.717, 1.165) is 18.4 Å². The molecule has 3 unspecified atom stereocenters.